The van der Waals surface area contributed by atoms with E-state index in [9.17, 15) is 4.79 Å². The van der Waals surface area contributed by atoms with Crippen molar-refractivity contribution in [1.29, 1.82) is 0 Å². The van der Waals surface area contributed by atoms with Crippen molar-refractivity contribution in [2.45, 2.75) is 45.6 Å². The van der Waals surface area contributed by atoms with E-state index >= 15 is 0 Å². The Morgan fingerprint density at radius 2 is 2.12 bits per heavy atom. The van der Waals surface area contributed by atoms with Gasteiger partial charge in [-0.05, 0) is 51.6 Å². The van der Waals surface area contributed by atoms with Gasteiger partial charge in [0.2, 0.25) is 5.91 Å². The number of thiophene rings is 1. The number of carbonyl (C=O) groups is 1. The fourth-order valence-electron chi connectivity index (χ4n) is 4.06. The van der Waals surface area contributed by atoms with E-state index in [1.165, 1.54) is 28.7 Å². The van der Waals surface area contributed by atoms with Crippen LogP contribution in [0.2, 0.25) is 0 Å². The number of aromatic nitrogens is 2. The molecule has 2 aromatic rings. The molecule has 0 bridgehead atoms. The maximum absolute atomic E-state index is 12.5. The second-order valence-corrected chi connectivity index (χ2v) is 8.66. The summed E-state index contributed by atoms with van der Waals surface area (Å²) in [6.45, 7) is 7.88. The smallest absolute Gasteiger partial charge is 0.223 e. The molecule has 0 radical (unpaired) electrons. The van der Waals surface area contributed by atoms with Gasteiger partial charge in [0.05, 0.1) is 5.39 Å². The minimum Gasteiger partial charge on any atom is -0.356 e. The zero-order chi connectivity index (χ0) is 18.1. The van der Waals surface area contributed by atoms with Crippen molar-refractivity contribution in [1.82, 2.24) is 20.6 Å². The highest BCUT2D eigenvalue weighted by atomic mass is 32.1. The molecule has 0 aromatic carbocycles. The molecule has 0 saturated carbocycles. The van der Waals surface area contributed by atoms with E-state index in [0.717, 1.165) is 49.7 Å². The maximum Gasteiger partial charge on any atom is 0.223 e. The Hall–Kier alpha value is -1.73. The second kappa shape index (κ2) is 7.48. The first-order valence-corrected chi connectivity index (χ1v) is 10.4. The average molecular weight is 374 g/mol. The highest BCUT2D eigenvalue weighted by Gasteiger charge is 2.27. The third kappa shape index (κ3) is 3.42. The summed E-state index contributed by atoms with van der Waals surface area (Å²) in [4.78, 5) is 26.2. The van der Waals surface area contributed by atoms with Gasteiger partial charge in [0.25, 0.3) is 0 Å². The predicted octanol–water partition coefficient (Wildman–Crippen LogP) is 2.39. The van der Waals surface area contributed by atoms with Gasteiger partial charge < -0.3 is 15.5 Å². The third-order valence-electron chi connectivity index (χ3n) is 5.80. The Kier molecular flexibility index (Phi) is 5.09. The van der Waals surface area contributed by atoms with Gasteiger partial charge in [-0.1, -0.05) is 0 Å². The lowest BCUT2D eigenvalue weighted by Crippen LogP contribution is -2.44. The molecule has 1 unspecified atom stereocenters. The van der Waals surface area contributed by atoms with Gasteiger partial charge in [0, 0.05) is 36.5 Å². The van der Waals surface area contributed by atoms with Crippen molar-refractivity contribution in [3.8, 4) is 0 Å². The number of piperidine rings is 1. The number of nitrogens with one attached hydrogen (secondary N) is 2. The number of rotatable bonds is 4. The van der Waals surface area contributed by atoms with Crippen LogP contribution in [0.15, 0.2) is 6.33 Å². The third-order valence-corrected chi connectivity index (χ3v) is 6.91. The van der Waals surface area contributed by atoms with Gasteiger partial charge in [-0.3, -0.25) is 4.79 Å². The van der Waals surface area contributed by atoms with Crippen LogP contribution in [0.25, 0.3) is 10.2 Å². The van der Waals surface area contributed by atoms with Crippen molar-refractivity contribution in [3.63, 3.8) is 0 Å². The second-order valence-electron chi connectivity index (χ2n) is 7.46. The van der Waals surface area contributed by atoms with Crippen LogP contribution in [0.4, 0.5) is 5.82 Å². The van der Waals surface area contributed by atoms with Crippen molar-refractivity contribution < 1.29 is 4.79 Å². The van der Waals surface area contributed by atoms with Crippen molar-refractivity contribution in [3.05, 3.63) is 16.8 Å². The van der Waals surface area contributed by atoms with Crippen LogP contribution in [-0.4, -0.2) is 48.1 Å². The summed E-state index contributed by atoms with van der Waals surface area (Å²) in [6.07, 6.45) is 5.82. The molecule has 1 atom stereocenters. The van der Waals surface area contributed by atoms with Crippen molar-refractivity contribution >= 4 is 33.3 Å². The van der Waals surface area contributed by atoms with E-state index in [2.05, 4.69) is 39.3 Å². The number of aryl methyl sites for hydroxylation is 2. The minimum atomic E-state index is 0.121. The normalized spacial score (nSPS) is 21.5. The summed E-state index contributed by atoms with van der Waals surface area (Å²) >= 11 is 1.73. The van der Waals surface area contributed by atoms with Crippen LogP contribution in [0.1, 0.15) is 36.1 Å². The summed E-state index contributed by atoms with van der Waals surface area (Å²) in [5.74, 6) is 1.37. The lowest BCUT2D eigenvalue weighted by Gasteiger charge is -2.32. The van der Waals surface area contributed by atoms with E-state index in [-0.39, 0.29) is 11.8 Å². The fourth-order valence-corrected chi connectivity index (χ4v) is 5.05. The van der Waals surface area contributed by atoms with E-state index in [4.69, 9.17) is 0 Å². The molecule has 7 heteroatoms. The molecule has 26 heavy (non-hydrogen) atoms. The molecule has 2 aromatic heterocycles. The van der Waals surface area contributed by atoms with E-state index in [0.29, 0.717) is 6.04 Å². The van der Waals surface area contributed by atoms with Crippen LogP contribution >= 0.6 is 11.3 Å². The molecule has 4 rings (SSSR count). The van der Waals surface area contributed by atoms with Gasteiger partial charge >= 0.3 is 0 Å². The summed E-state index contributed by atoms with van der Waals surface area (Å²) in [6, 6.07) is 0.457. The number of hydrogen-bond donors (Lipinski definition) is 2. The first-order chi connectivity index (χ1) is 12.6. The Morgan fingerprint density at radius 1 is 1.31 bits per heavy atom. The molecule has 140 valence electrons. The highest BCUT2D eigenvalue weighted by molar-refractivity contribution is 7.18. The van der Waals surface area contributed by atoms with E-state index in [1.54, 1.807) is 17.7 Å². The Morgan fingerprint density at radius 3 is 2.85 bits per heavy atom. The molecule has 1 amide bonds. The summed E-state index contributed by atoms with van der Waals surface area (Å²) in [7, 11) is 0. The molecule has 2 saturated heterocycles. The Balaban J connectivity index is 1.38. The van der Waals surface area contributed by atoms with Gasteiger partial charge in [0.1, 0.15) is 17.0 Å². The Labute approximate surface area is 158 Å². The number of carbonyl (C=O) groups excluding carboxylic acids is 1. The molecular weight excluding hydrogens is 346 g/mol. The summed E-state index contributed by atoms with van der Waals surface area (Å²) < 4.78 is 0. The topological polar surface area (TPSA) is 70.2 Å². The standard InChI is InChI=1S/C19H27N5OS/c1-12-13(2)26-19-16(12)17(22-11-23-19)24-8-5-14(6-9-24)18(25)21-10-15-4-3-7-20-15/h11,14-15,20H,3-10H2,1-2H3,(H,21,25). The average Bonchev–Trinajstić information content (AvgIpc) is 3.28. The molecular formula is C19H27N5OS. The van der Waals surface area contributed by atoms with Crippen LogP contribution in [0.5, 0.6) is 0 Å². The van der Waals surface area contributed by atoms with E-state index < -0.39 is 0 Å². The quantitative estimate of drug-likeness (QED) is 0.861. The van der Waals surface area contributed by atoms with Crippen LogP contribution in [0, 0.1) is 19.8 Å². The highest BCUT2D eigenvalue weighted by Crippen LogP contribution is 2.35. The molecule has 2 aliphatic heterocycles. The summed E-state index contributed by atoms with van der Waals surface area (Å²) in [5.41, 5.74) is 1.28. The maximum atomic E-state index is 12.5. The number of nitrogens with zero attached hydrogens (tertiary/aromatic N) is 3. The van der Waals surface area contributed by atoms with Gasteiger partial charge in [-0.15, -0.1) is 11.3 Å². The largest absolute Gasteiger partial charge is 0.356 e. The van der Waals surface area contributed by atoms with Gasteiger partial charge in [-0.25, -0.2) is 9.97 Å². The lowest BCUT2D eigenvalue weighted by molar-refractivity contribution is -0.125. The molecule has 2 N–H and O–H groups in total. The fraction of sp³-hybridized carbons (Fsp3) is 0.632. The number of amides is 1. The molecule has 0 spiro atoms. The molecule has 6 nitrogen and oxygen atoms in total. The van der Waals surface area contributed by atoms with Gasteiger partial charge in [-0.2, -0.15) is 0 Å². The zero-order valence-corrected chi connectivity index (χ0v) is 16.4. The first-order valence-electron chi connectivity index (χ1n) is 9.60. The number of fused-ring (bicyclic) bond motifs is 1. The van der Waals surface area contributed by atoms with Crippen molar-refractivity contribution in [2.75, 3.05) is 31.1 Å². The predicted molar refractivity (Wildman–Crippen MR) is 106 cm³/mol. The summed E-state index contributed by atoms with van der Waals surface area (Å²) in [5, 5.41) is 7.76. The minimum absolute atomic E-state index is 0.121. The number of hydrogen-bond acceptors (Lipinski definition) is 6. The number of anilines is 1. The first kappa shape index (κ1) is 17.7. The van der Waals surface area contributed by atoms with Gasteiger partial charge in [0.15, 0.2) is 0 Å². The monoisotopic (exact) mass is 373 g/mol. The zero-order valence-electron chi connectivity index (χ0n) is 15.5. The van der Waals surface area contributed by atoms with Crippen molar-refractivity contribution in [2.24, 2.45) is 5.92 Å². The van der Waals surface area contributed by atoms with Crippen LogP contribution in [-0.2, 0) is 4.79 Å². The van der Waals surface area contributed by atoms with Crippen LogP contribution in [0.3, 0.4) is 0 Å². The molecule has 2 fully saturated rings. The molecule has 2 aliphatic rings. The Bertz CT molecular complexity index is 791. The molecule has 4 heterocycles. The van der Waals surface area contributed by atoms with Crippen LogP contribution < -0.4 is 15.5 Å². The molecule has 0 aliphatic carbocycles. The van der Waals surface area contributed by atoms with E-state index in [1.807, 2.05) is 0 Å². The lowest BCUT2D eigenvalue weighted by atomic mass is 9.95. The SMILES string of the molecule is Cc1sc2ncnc(N3CCC(C(=O)NCC4CCCN4)CC3)c2c1C.